The molecule has 2 atom stereocenters. The standard InChI is InChI=1S/C13H16O2/c1-2-5-11(6-3-1)12-7-9-13(15-12)8-4-10-14-13/h1-3,5-6,12H,4,7-10H2. The molecule has 1 spiro atoms. The fourth-order valence-corrected chi connectivity index (χ4v) is 2.59. The molecule has 2 aliphatic heterocycles. The van der Waals surface area contributed by atoms with Gasteiger partial charge in [0.25, 0.3) is 0 Å². The van der Waals surface area contributed by atoms with Crippen molar-refractivity contribution in [2.75, 3.05) is 6.61 Å². The van der Waals surface area contributed by atoms with E-state index in [0.717, 1.165) is 32.3 Å². The fourth-order valence-electron chi connectivity index (χ4n) is 2.59. The zero-order chi connectivity index (χ0) is 10.1. The molecule has 2 heteroatoms. The zero-order valence-electron chi connectivity index (χ0n) is 8.82. The maximum absolute atomic E-state index is 6.07. The van der Waals surface area contributed by atoms with Crippen molar-refractivity contribution in [1.29, 1.82) is 0 Å². The second kappa shape index (κ2) is 3.62. The van der Waals surface area contributed by atoms with E-state index in [9.17, 15) is 0 Å². The predicted molar refractivity (Wildman–Crippen MR) is 57.4 cm³/mol. The molecule has 2 unspecified atom stereocenters. The number of rotatable bonds is 1. The first-order chi connectivity index (χ1) is 7.38. The van der Waals surface area contributed by atoms with Gasteiger partial charge in [0.1, 0.15) is 0 Å². The van der Waals surface area contributed by atoms with E-state index >= 15 is 0 Å². The predicted octanol–water partition coefficient (Wildman–Crippen LogP) is 3.04. The van der Waals surface area contributed by atoms with Crippen molar-refractivity contribution in [2.45, 2.75) is 37.6 Å². The minimum Gasteiger partial charge on any atom is -0.350 e. The van der Waals surface area contributed by atoms with Crippen molar-refractivity contribution in [2.24, 2.45) is 0 Å². The van der Waals surface area contributed by atoms with Crippen LogP contribution in [0.5, 0.6) is 0 Å². The average molecular weight is 204 g/mol. The summed E-state index contributed by atoms with van der Waals surface area (Å²) in [4.78, 5) is 0. The van der Waals surface area contributed by atoms with Crippen LogP contribution in [0.25, 0.3) is 0 Å². The normalized spacial score (nSPS) is 35.1. The molecule has 1 aromatic rings. The van der Waals surface area contributed by atoms with E-state index < -0.39 is 0 Å². The lowest BCUT2D eigenvalue weighted by Gasteiger charge is -2.23. The average Bonchev–Trinajstić information content (AvgIpc) is 2.91. The molecule has 2 aliphatic rings. The second-order valence-electron chi connectivity index (χ2n) is 4.42. The van der Waals surface area contributed by atoms with Crippen LogP contribution in [0.15, 0.2) is 30.3 Å². The van der Waals surface area contributed by atoms with Gasteiger partial charge in [-0.05, 0) is 18.4 Å². The molecule has 0 N–H and O–H groups in total. The molecule has 2 heterocycles. The third kappa shape index (κ3) is 1.68. The van der Waals surface area contributed by atoms with Crippen LogP contribution in [0.4, 0.5) is 0 Å². The van der Waals surface area contributed by atoms with Crippen molar-refractivity contribution >= 4 is 0 Å². The van der Waals surface area contributed by atoms with Gasteiger partial charge in [0.15, 0.2) is 5.79 Å². The van der Waals surface area contributed by atoms with Crippen LogP contribution in [0.2, 0.25) is 0 Å². The van der Waals surface area contributed by atoms with Crippen LogP contribution < -0.4 is 0 Å². The number of benzene rings is 1. The minimum absolute atomic E-state index is 0.236. The SMILES string of the molecule is c1ccc(C2CCC3(CCCO3)O2)cc1. The molecule has 2 nitrogen and oxygen atoms in total. The Morgan fingerprint density at radius 2 is 2.00 bits per heavy atom. The highest BCUT2D eigenvalue weighted by molar-refractivity contribution is 5.18. The molecule has 2 saturated heterocycles. The monoisotopic (exact) mass is 204 g/mol. The molecular weight excluding hydrogens is 188 g/mol. The first kappa shape index (κ1) is 9.37. The highest BCUT2D eigenvalue weighted by atomic mass is 16.7. The first-order valence-corrected chi connectivity index (χ1v) is 5.75. The van der Waals surface area contributed by atoms with Gasteiger partial charge in [-0.3, -0.25) is 0 Å². The van der Waals surface area contributed by atoms with E-state index in [-0.39, 0.29) is 11.9 Å². The molecule has 3 rings (SSSR count). The lowest BCUT2D eigenvalue weighted by molar-refractivity contribution is -0.200. The summed E-state index contributed by atoms with van der Waals surface area (Å²) in [5, 5.41) is 0. The lowest BCUT2D eigenvalue weighted by atomic mass is 10.0. The molecule has 2 fully saturated rings. The summed E-state index contributed by atoms with van der Waals surface area (Å²) >= 11 is 0. The van der Waals surface area contributed by atoms with Gasteiger partial charge in [-0.15, -0.1) is 0 Å². The highest BCUT2D eigenvalue weighted by Gasteiger charge is 2.43. The molecule has 0 amide bonds. The van der Waals surface area contributed by atoms with Gasteiger partial charge in [0.05, 0.1) is 12.7 Å². The third-order valence-electron chi connectivity index (χ3n) is 3.38. The summed E-state index contributed by atoms with van der Waals surface area (Å²) in [6.07, 6.45) is 4.58. The Bertz CT molecular complexity index is 328. The van der Waals surface area contributed by atoms with E-state index in [0.29, 0.717) is 0 Å². The van der Waals surface area contributed by atoms with E-state index in [2.05, 4.69) is 24.3 Å². The van der Waals surface area contributed by atoms with E-state index in [1.807, 2.05) is 6.07 Å². The maximum Gasteiger partial charge on any atom is 0.169 e. The summed E-state index contributed by atoms with van der Waals surface area (Å²) in [5.41, 5.74) is 1.28. The quantitative estimate of drug-likeness (QED) is 0.700. The van der Waals surface area contributed by atoms with Crippen LogP contribution in [-0.2, 0) is 9.47 Å². The Kier molecular flexibility index (Phi) is 2.26. The summed E-state index contributed by atoms with van der Waals surface area (Å²) in [7, 11) is 0. The van der Waals surface area contributed by atoms with Gasteiger partial charge >= 0.3 is 0 Å². The largest absolute Gasteiger partial charge is 0.350 e. The van der Waals surface area contributed by atoms with Gasteiger partial charge in [0, 0.05) is 12.8 Å². The Hall–Kier alpha value is -0.860. The first-order valence-electron chi connectivity index (χ1n) is 5.75. The van der Waals surface area contributed by atoms with Crippen LogP contribution in [-0.4, -0.2) is 12.4 Å². The smallest absolute Gasteiger partial charge is 0.169 e. The molecule has 80 valence electrons. The molecule has 15 heavy (non-hydrogen) atoms. The molecular formula is C13H16O2. The Labute approximate surface area is 90.2 Å². The van der Waals surface area contributed by atoms with Gasteiger partial charge in [-0.25, -0.2) is 0 Å². The summed E-state index contributed by atoms with van der Waals surface area (Å²) in [6.45, 7) is 0.863. The van der Waals surface area contributed by atoms with Gasteiger partial charge in [-0.1, -0.05) is 30.3 Å². The van der Waals surface area contributed by atoms with Gasteiger partial charge < -0.3 is 9.47 Å². The topological polar surface area (TPSA) is 18.5 Å². The Morgan fingerprint density at radius 3 is 2.73 bits per heavy atom. The molecule has 1 aromatic carbocycles. The lowest BCUT2D eigenvalue weighted by Crippen LogP contribution is -2.25. The van der Waals surface area contributed by atoms with Crippen molar-refractivity contribution in [1.82, 2.24) is 0 Å². The highest BCUT2D eigenvalue weighted by Crippen LogP contribution is 2.45. The summed E-state index contributed by atoms with van der Waals surface area (Å²) in [6, 6.07) is 10.5. The molecule has 0 radical (unpaired) electrons. The molecule has 0 bridgehead atoms. The van der Waals surface area contributed by atoms with Crippen molar-refractivity contribution < 1.29 is 9.47 Å². The Morgan fingerprint density at radius 1 is 1.13 bits per heavy atom. The van der Waals surface area contributed by atoms with Gasteiger partial charge in [-0.2, -0.15) is 0 Å². The van der Waals surface area contributed by atoms with Crippen molar-refractivity contribution in [3.63, 3.8) is 0 Å². The second-order valence-corrected chi connectivity index (χ2v) is 4.42. The van der Waals surface area contributed by atoms with Crippen molar-refractivity contribution in [3.05, 3.63) is 35.9 Å². The molecule has 0 aliphatic carbocycles. The molecule has 0 saturated carbocycles. The van der Waals surface area contributed by atoms with Crippen LogP contribution in [0, 0.1) is 0 Å². The fraction of sp³-hybridized carbons (Fsp3) is 0.538. The van der Waals surface area contributed by atoms with Crippen LogP contribution >= 0.6 is 0 Å². The third-order valence-corrected chi connectivity index (χ3v) is 3.38. The van der Waals surface area contributed by atoms with E-state index in [1.54, 1.807) is 0 Å². The number of hydrogen-bond donors (Lipinski definition) is 0. The minimum atomic E-state index is -0.236. The summed E-state index contributed by atoms with van der Waals surface area (Å²) < 4.78 is 11.8. The van der Waals surface area contributed by atoms with Crippen LogP contribution in [0.1, 0.15) is 37.4 Å². The zero-order valence-corrected chi connectivity index (χ0v) is 8.82. The summed E-state index contributed by atoms with van der Waals surface area (Å²) in [5.74, 6) is -0.236. The molecule has 0 aromatic heterocycles. The van der Waals surface area contributed by atoms with E-state index in [1.165, 1.54) is 5.56 Å². The Balaban J connectivity index is 1.76. The number of hydrogen-bond acceptors (Lipinski definition) is 2. The van der Waals surface area contributed by atoms with E-state index in [4.69, 9.17) is 9.47 Å². The van der Waals surface area contributed by atoms with Crippen molar-refractivity contribution in [3.8, 4) is 0 Å². The maximum atomic E-state index is 6.07. The number of ether oxygens (including phenoxy) is 2. The van der Waals surface area contributed by atoms with Gasteiger partial charge in [0.2, 0.25) is 0 Å². The van der Waals surface area contributed by atoms with Crippen LogP contribution in [0.3, 0.4) is 0 Å².